The summed E-state index contributed by atoms with van der Waals surface area (Å²) < 4.78 is 0. The van der Waals surface area contributed by atoms with E-state index in [1.54, 1.807) is 0 Å². The monoisotopic (exact) mass is 226 g/mol. The molecule has 0 unspecified atom stereocenters. The number of nitrogens with two attached hydrogens (primary N) is 1. The lowest BCUT2D eigenvalue weighted by atomic mass is 9.79. The van der Waals surface area contributed by atoms with Crippen molar-refractivity contribution >= 4 is 0 Å². The molecule has 0 aromatic heterocycles. The van der Waals surface area contributed by atoms with Crippen LogP contribution >= 0.6 is 0 Å². The van der Waals surface area contributed by atoms with Gasteiger partial charge in [0.15, 0.2) is 0 Å². The van der Waals surface area contributed by atoms with Crippen molar-refractivity contribution in [3.05, 3.63) is 0 Å². The number of hydrogen-bond donors (Lipinski definition) is 1. The van der Waals surface area contributed by atoms with E-state index in [1.165, 1.54) is 45.3 Å². The van der Waals surface area contributed by atoms with Gasteiger partial charge in [-0.3, -0.25) is 0 Å². The van der Waals surface area contributed by atoms with Gasteiger partial charge in [-0.15, -0.1) is 0 Å². The summed E-state index contributed by atoms with van der Waals surface area (Å²) in [4.78, 5) is 2.63. The maximum Gasteiger partial charge on any atom is 0.00499 e. The lowest BCUT2D eigenvalue weighted by molar-refractivity contribution is 0.0802. The summed E-state index contributed by atoms with van der Waals surface area (Å²) in [6.07, 6.45) is 5.09. The third-order valence-electron chi connectivity index (χ3n) is 4.70. The number of hydrogen-bond acceptors (Lipinski definition) is 2. The average molecular weight is 226 g/mol. The molecule has 96 valence electrons. The second-order valence-corrected chi connectivity index (χ2v) is 6.35. The van der Waals surface area contributed by atoms with Crippen molar-refractivity contribution in [2.45, 2.75) is 53.4 Å². The molecule has 0 spiro atoms. The van der Waals surface area contributed by atoms with Crippen LogP contribution in [0.4, 0.5) is 0 Å². The van der Waals surface area contributed by atoms with Gasteiger partial charge in [-0.25, -0.2) is 0 Å². The molecular weight excluding hydrogens is 196 g/mol. The maximum atomic E-state index is 5.97. The van der Waals surface area contributed by atoms with Gasteiger partial charge in [0.2, 0.25) is 0 Å². The molecule has 0 aromatic rings. The van der Waals surface area contributed by atoms with Gasteiger partial charge < -0.3 is 10.6 Å². The van der Waals surface area contributed by atoms with Crippen molar-refractivity contribution in [2.75, 3.05) is 26.2 Å². The van der Waals surface area contributed by atoms with Crippen LogP contribution in [0, 0.1) is 10.8 Å². The molecule has 0 radical (unpaired) electrons. The Balaban J connectivity index is 2.48. The third-order valence-corrected chi connectivity index (χ3v) is 4.70. The van der Waals surface area contributed by atoms with Crippen LogP contribution in [0.1, 0.15) is 53.4 Å². The third kappa shape index (κ3) is 3.46. The van der Waals surface area contributed by atoms with Gasteiger partial charge in [-0.05, 0) is 56.1 Å². The number of rotatable bonds is 5. The summed E-state index contributed by atoms with van der Waals surface area (Å²) >= 11 is 0. The van der Waals surface area contributed by atoms with Crippen LogP contribution in [0.25, 0.3) is 0 Å². The predicted molar refractivity (Wildman–Crippen MR) is 71.5 cm³/mol. The molecule has 1 aliphatic heterocycles. The highest BCUT2D eigenvalue weighted by atomic mass is 15.1. The molecule has 0 aliphatic carbocycles. The summed E-state index contributed by atoms with van der Waals surface area (Å²) in [5.41, 5.74) is 6.89. The molecule has 1 saturated heterocycles. The topological polar surface area (TPSA) is 29.3 Å². The zero-order valence-electron chi connectivity index (χ0n) is 11.7. The minimum atomic E-state index is 0.363. The summed E-state index contributed by atoms with van der Waals surface area (Å²) in [5, 5.41) is 0. The Morgan fingerprint density at radius 2 is 1.62 bits per heavy atom. The van der Waals surface area contributed by atoms with E-state index in [-0.39, 0.29) is 0 Å². The van der Waals surface area contributed by atoms with Gasteiger partial charge >= 0.3 is 0 Å². The van der Waals surface area contributed by atoms with Crippen LogP contribution in [0.5, 0.6) is 0 Å². The van der Waals surface area contributed by atoms with Crippen molar-refractivity contribution in [1.82, 2.24) is 4.90 Å². The zero-order chi connectivity index (χ0) is 12.2. The Bertz CT molecular complexity index is 189. The molecule has 0 saturated carbocycles. The van der Waals surface area contributed by atoms with Crippen LogP contribution < -0.4 is 5.73 Å². The number of likely N-dealkylation sites (tertiary alicyclic amines) is 1. The van der Waals surface area contributed by atoms with Crippen molar-refractivity contribution < 1.29 is 0 Å². The van der Waals surface area contributed by atoms with E-state index in [0.29, 0.717) is 10.8 Å². The fraction of sp³-hybridized carbons (Fsp3) is 1.00. The minimum absolute atomic E-state index is 0.363. The summed E-state index contributed by atoms with van der Waals surface area (Å²) in [6, 6.07) is 0. The zero-order valence-corrected chi connectivity index (χ0v) is 11.7. The Kier molecular flexibility index (Phi) is 4.81. The van der Waals surface area contributed by atoms with Crippen LogP contribution in [0.2, 0.25) is 0 Å². The molecule has 2 heteroatoms. The molecule has 2 nitrogen and oxygen atoms in total. The van der Waals surface area contributed by atoms with Crippen LogP contribution in [-0.2, 0) is 0 Å². The van der Waals surface area contributed by atoms with E-state index in [2.05, 4.69) is 32.6 Å². The normalized spacial score (nSPS) is 22.3. The average Bonchev–Trinajstić information content (AvgIpc) is 2.29. The largest absolute Gasteiger partial charge is 0.330 e. The van der Waals surface area contributed by atoms with Crippen molar-refractivity contribution in [3.8, 4) is 0 Å². The minimum Gasteiger partial charge on any atom is -0.330 e. The first-order valence-electron chi connectivity index (χ1n) is 6.89. The Morgan fingerprint density at radius 1 is 1.12 bits per heavy atom. The van der Waals surface area contributed by atoms with E-state index in [4.69, 9.17) is 5.73 Å². The highest BCUT2D eigenvalue weighted by Crippen LogP contribution is 2.33. The van der Waals surface area contributed by atoms with Crippen LogP contribution in [0.15, 0.2) is 0 Å². The first-order chi connectivity index (χ1) is 7.47. The van der Waals surface area contributed by atoms with Crippen LogP contribution in [-0.4, -0.2) is 31.1 Å². The molecule has 1 fully saturated rings. The second kappa shape index (κ2) is 5.50. The Hall–Kier alpha value is -0.0800. The standard InChI is InChI=1S/C14H30N2/c1-5-14(6-2,11-15)12-16-9-7-13(3,4)8-10-16/h5-12,15H2,1-4H3. The van der Waals surface area contributed by atoms with Gasteiger partial charge in [0, 0.05) is 6.54 Å². The van der Waals surface area contributed by atoms with Crippen LogP contribution in [0.3, 0.4) is 0 Å². The molecule has 0 aromatic carbocycles. The Labute approximate surface area is 102 Å². The Morgan fingerprint density at radius 3 is 2.00 bits per heavy atom. The molecule has 2 N–H and O–H groups in total. The van der Waals surface area contributed by atoms with E-state index in [0.717, 1.165) is 6.54 Å². The molecule has 16 heavy (non-hydrogen) atoms. The van der Waals surface area contributed by atoms with Crippen molar-refractivity contribution in [3.63, 3.8) is 0 Å². The smallest absolute Gasteiger partial charge is 0.00499 e. The van der Waals surface area contributed by atoms with E-state index in [1.807, 2.05) is 0 Å². The fourth-order valence-corrected chi connectivity index (χ4v) is 2.62. The van der Waals surface area contributed by atoms with Gasteiger partial charge in [0.05, 0.1) is 0 Å². The van der Waals surface area contributed by atoms with Gasteiger partial charge in [-0.2, -0.15) is 0 Å². The SMILES string of the molecule is CCC(CC)(CN)CN1CCC(C)(C)CC1. The van der Waals surface area contributed by atoms with Gasteiger partial charge in [0.1, 0.15) is 0 Å². The van der Waals surface area contributed by atoms with Crippen molar-refractivity contribution in [1.29, 1.82) is 0 Å². The summed E-state index contributed by atoms with van der Waals surface area (Å²) in [7, 11) is 0. The van der Waals surface area contributed by atoms with Gasteiger partial charge in [-0.1, -0.05) is 27.7 Å². The first kappa shape index (κ1) is 14.0. The number of nitrogens with zero attached hydrogens (tertiary/aromatic N) is 1. The molecule has 0 bridgehead atoms. The molecule has 0 atom stereocenters. The molecule has 1 aliphatic rings. The molecule has 1 rings (SSSR count). The molecule has 0 amide bonds. The highest BCUT2D eigenvalue weighted by molar-refractivity contribution is 4.85. The van der Waals surface area contributed by atoms with Gasteiger partial charge in [0.25, 0.3) is 0 Å². The highest BCUT2D eigenvalue weighted by Gasteiger charge is 2.31. The van der Waals surface area contributed by atoms with Crippen molar-refractivity contribution in [2.24, 2.45) is 16.6 Å². The first-order valence-corrected chi connectivity index (χ1v) is 6.89. The lowest BCUT2D eigenvalue weighted by Gasteiger charge is -2.42. The predicted octanol–water partition coefficient (Wildman–Crippen LogP) is 2.87. The molecular formula is C14H30N2. The summed E-state index contributed by atoms with van der Waals surface area (Å²) in [6.45, 7) is 13.9. The lowest BCUT2D eigenvalue weighted by Crippen LogP contribution is -2.46. The van der Waals surface area contributed by atoms with E-state index >= 15 is 0 Å². The second-order valence-electron chi connectivity index (χ2n) is 6.35. The summed E-state index contributed by atoms with van der Waals surface area (Å²) in [5.74, 6) is 0. The number of piperidine rings is 1. The maximum absolute atomic E-state index is 5.97. The van der Waals surface area contributed by atoms with E-state index < -0.39 is 0 Å². The quantitative estimate of drug-likeness (QED) is 0.781. The fourth-order valence-electron chi connectivity index (χ4n) is 2.62. The molecule has 1 heterocycles. The van der Waals surface area contributed by atoms with E-state index in [9.17, 15) is 0 Å².